The van der Waals surface area contributed by atoms with E-state index in [-0.39, 0.29) is 10.9 Å². The maximum absolute atomic E-state index is 5.69. The SMILES string of the molecule is Cc1cc(C)c(C(Br)C2COCCO2)s1. The third-order valence-corrected chi connectivity index (χ3v) is 5.08. The highest BCUT2D eigenvalue weighted by atomic mass is 79.9. The lowest BCUT2D eigenvalue weighted by Gasteiger charge is -2.26. The van der Waals surface area contributed by atoms with Crippen molar-refractivity contribution in [3.63, 3.8) is 0 Å². The van der Waals surface area contributed by atoms with Crippen molar-refractivity contribution in [2.75, 3.05) is 19.8 Å². The minimum Gasteiger partial charge on any atom is -0.376 e. The van der Waals surface area contributed by atoms with Gasteiger partial charge in [-0.25, -0.2) is 0 Å². The molecule has 0 amide bonds. The van der Waals surface area contributed by atoms with Crippen LogP contribution in [-0.2, 0) is 9.47 Å². The van der Waals surface area contributed by atoms with Crippen LogP contribution in [0.5, 0.6) is 0 Å². The molecule has 1 aliphatic rings. The van der Waals surface area contributed by atoms with Crippen molar-refractivity contribution in [2.24, 2.45) is 0 Å². The Kier molecular flexibility index (Phi) is 3.83. The molecule has 1 saturated heterocycles. The number of alkyl halides is 1. The van der Waals surface area contributed by atoms with Crippen LogP contribution in [0.4, 0.5) is 0 Å². The molecular formula is C11H15BrO2S. The summed E-state index contributed by atoms with van der Waals surface area (Å²) in [7, 11) is 0. The molecule has 1 fully saturated rings. The van der Waals surface area contributed by atoms with Crippen LogP contribution in [0.3, 0.4) is 0 Å². The lowest BCUT2D eigenvalue weighted by molar-refractivity contribution is -0.0874. The zero-order chi connectivity index (χ0) is 10.8. The maximum Gasteiger partial charge on any atom is 0.0983 e. The topological polar surface area (TPSA) is 18.5 Å². The molecule has 1 aromatic rings. The monoisotopic (exact) mass is 290 g/mol. The summed E-state index contributed by atoms with van der Waals surface area (Å²) in [6.45, 7) is 6.40. The molecular weight excluding hydrogens is 276 g/mol. The second kappa shape index (κ2) is 4.95. The van der Waals surface area contributed by atoms with E-state index in [1.54, 1.807) is 0 Å². The molecule has 84 valence electrons. The molecule has 2 unspecified atom stereocenters. The normalized spacial score (nSPS) is 24.1. The summed E-state index contributed by atoms with van der Waals surface area (Å²) in [5, 5.41) is 0. The summed E-state index contributed by atoms with van der Waals surface area (Å²) in [4.78, 5) is 2.98. The van der Waals surface area contributed by atoms with Crippen LogP contribution < -0.4 is 0 Å². The first-order valence-corrected chi connectivity index (χ1v) is 6.82. The number of aryl methyl sites for hydroxylation is 2. The fourth-order valence-electron chi connectivity index (χ4n) is 1.78. The van der Waals surface area contributed by atoms with Gasteiger partial charge in [-0.15, -0.1) is 11.3 Å². The summed E-state index contributed by atoms with van der Waals surface area (Å²) in [5.41, 5.74) is 1.34. The molecule has 2 atom stereocenters. The van der Waals surface area contributed by atoms with Crippen molar-refractivity contribution in [1.29, 1.82) is 0 Å². The predicted octanol–water partition coefficient (Wildman–Crippen LogP) is 3.22. The van der Waals surface area contributed by atoms with Gasteiger partial charge >= 0.3 is 0 Å². The molecule has 0 saturated carbocycles. The third-order valence-electron chi connectivity index (χ3n) is 2.50. The quantitative estimate of drug-likeness (QED) is 0.779. The van der Waals surface area contributed by atoms with Gasteiger partial charge in [0.25, 0.3) is 0 Å². The van der Waals surface area contributed by atoms with E-state index < -0.39 is 0 Å². The molecule has 4 heteroatoms. The van der Waals surface area contributed by atoms with Crippen LogP contribution >= 0.6 is 27.3 Å². The van der Waals surface area contributed by atoms with Crippen molar-refractivity contribution >= 4 is 27.3 Å². The van der Waals surface area contributed by atoms with Crippen LogP contribution in [0.15, 0.2) is 6.07 Å². The highest BCUT2D eigenvalue weighted by Crippen LogP contribution is 2.37. The van der Waals surface area contributed by atoms with Crippen LogP contribution in [0.2, 0.25) is 0 Å². The Morgan fingerprint density at radius 2 is 2.27 bits per heavy atom. The summed E-state index contributed by atoms with van der Waals surface area (Å²) in [6.07, 6.45) is 0.149. The molecule has 0 radical (unpaired) electrons. The molecule has 0 spiro atoms. The standard InChI is InChI=1S/C11H15BrO2S/c1-7-5-8(2)15-11(7)10(12)9-6-13-3-4-14-9/h5,9-10H,3-4,6H2,1-2H3. The van der Waals surface area contributed by atoms with E-state index in [0.29, 0.717) is 13.2 Å². The number of hydrogen-bond acceptors (Lipinski definition) is 3. The molecule has 0 bridgehead atoms. The lowest BCUT2D eigenvalue weighted by Crippen LogP contribution is -2.31. The fraction of sp³-hybridized carbons (Fsp3) is 0.636. The van der Waals surface area contributed by atoms with Crippen molar-refractivity contribution in [1.82, 2.24) is 0 Å². The van der Waals surface area contributed by atoms with E-state index >= 15 is 0 Å². The second-order valence-corrected chi connectivity index (χ2v) is 6.06. The zero-order valence-electron chi connectivity index (χ0n) is 8.96. The van der Waals surface area contributed by atoms with Crippen LogP contribution in [0.25, 0.3) is 0 Å². The van der Waals surface area contributed by atoms with Crippen LogP contribution in [0, 0.1) is 13.8 Å². The molecule has 1 aliphatic heterocycles. The number of hydrogen-bond donors (Lipinski definition) is 0. The minimum atomic E-state index is 0.149. The molecule has 0 aromatic carbocycles. The van der Waals surface area contributed by atoms with Gasteiger partial charge < -0.3 is 9.47 Å². The van der Waals surface area contributed by atoms with Gasteiger partial charge in [0, 0.05) is 9.75 Å². The van der Waals surface area contributed by atoms with E-state index in [2.05, 4.69) is 35.8 Å². The second-order valence-electron chi connectivity index (χ2n) is 3.79. The Morgan fingerprint density at radius 3 is 2.80 bits per heavy atom. The van der Waals surface area contributed by atoms with Crippen molar-refractivity contribution in [3.05, 3.63) is 21.4 Å². The number of rotatable bonds is 2. The summed E-state index contributed by atoms with van der Waals surface area (Å²) >= 11 is 5.55. The van der Waals surface area contributed by atoms with Gasteiger partial charge in [-0.3, -0.25) is 0 Å². The molecule has 1 aromatic heterocycles. The molecule has 2 heterocycles. The predicted molar refractivity (Wildman–Crippen MR) is 66.0 cm³/mol. The van der Waals surface area contributed by atoms with E-state index in [1.165, 1.54) is 15.3 Å². The van der Waals surface area contributed by atoms with Gasteiger partial charge in [0.2, 0.25) is 0 Å². The first kappa shape index (κ1) is 11.6. The minimum absolute atomic E-state index is 0.149. The van der Waals surface area contributed by atoms with Gasteiger partial charge in [-0.1, -0.05) is 15.9 Å². The van der Waals surface area contributed by atoms with Gasteiger partial charge in [-0.05, 0) is 25.5 Å². The Balaban J connectivity index is 2.12. The summed E-state index contributed by atoms with van der Waals surface area (Å²) < 4.78 is 11.1. The van der Waals surface area contributed by atoms with E-state index in [1.807, 2.05) is 11.3 Å². The molecule has 2 nitrogen and oxygen atoms in total. The average Bonchev–Trinajstić information content (AvgIpc) is 2.58. The van der Waals surface area contributed by atoms with Gasteiger partial charge in [0.15, 0.2) is 0 Å². The van der Waals surface area contributed by atoms with Gasteiger partial charge in [0.1, 0.15) is 0 Å². The average molecular weight is 291 g/mol. The van der Waals surface area contributed by atoms with E-state index in [0.717, 1.165) is 6.61 Å². The van der Waals surface area contributed by atoms with Gasteiger partial charge in [-0.2, -0.15) is 0 Å². The van der Waals surface area contributed by atoms with Gasteiger partial charge in [0.05, 0.1) is 30.8 Å². The highest BCUT2D eigenvalue weighted by molar-refractivity contribution is 9.09. The third kappa shape index (κ3) is 2.61. The summed E-state index contributed by atoms with van der Waals surface area (Å²) in [6, 6.07) is 2.22. The Hall–Kier alpha value is 0.1000. The number of ether oxygens (including phenoxy) is 2. The molecule has 15 heavy (non-hydrogen) atoms. The zero-order valence-corrected chi connectivity index (χ0v) is 11.4. The van der Waals surface area contributed by atoms with Crippen LogP contribution in [0.1, 0.15) is 20.1 Å². The lowest BCUT2D eigenvalue weighted by atomic mass is 10.1. The van der Waals surface area contributed by atoms with E-state index in [9.17, 15) is 0 Å². The maximum atomic E-state index is 5.69. The van der Waals surface area contributed by atoms with Crippen molar-refractivity contribution < 1.29 is 9.47 Å². The smallest absolute Gasteiger partial charge is 0.0983 e. The largest absolute Gasteiger partial charge is 0.376 e. The molecule has 2 rings (SSSR count). The van der Waals surface area contributed by atoms with E-state index in [4.69, 9.17) is 9.47 Å². The Bertz CT molecular complexity index is 331. The number of halogens is 1. The molecule has 0 N–H and O–H groups in total. The Morgan fingerprint density at radius 1 is 1.47 bits per heavy atom. The fourth-order valence-corrected chi connectivity index (χ4v) is 3.79. The van der Waals surface area contributed by atoms with Crippen LogP contribution in [-0.4, -0.2) is 25.9 Å². The van der Waals surface area contributed by atoms with Crippen molar-refractivity contribution in [3.8, 4) is 0 Å². The number of thiophene rings is 1. The Labute approximate surface area is 103 Å². The molecule has 0 aliphatic carbocycles. The van der Waals surface area contributed by atoms with Crippen molar-refractivity contribution in [2.45, 2.75) is 24.8 Å². The highest BCUT2D eigenvalue weighted by Gasteiger charge is 2.26. The summed E-state index contributed by atoms with van der Waals surface area (Å²) in [5.74, 6) is 0. The first-order valence-electron chi connectivity index (χ1n) is 5.09. The first-order chi connectivity index (χ1) is 7.18.